The summed E-state index contributed by atoms with van der Waals surface area (Å²) in [5, 5.41) is 3.54. The molecule has 0 atom stereocenters. The van der Waals surface area contributed by atoms with Gasteiger partial charge in [0.15, 0.2) is 0 Å². The summed E-state index contributed by atoms with van der Waals surface area (Å²) in [6, 6.07) is 18.7. The van der Waals surface area contributed by atoms with Crippen molar-refractivity contribution in [2.24, 2.45) is 0 Å². The number of carbonyl (C=O) groups is 1. The van der Waals surface area contributed by atoms with Crippen LogP contribution >= 0.6 is 27.7 Å². The number of ether oxygens (including phenoxy) is 1. The molecule has 1 aromatic heterocycles. The first-order chi connectivity index (χ1) is 12.2. The zero-order chi connectivity index (χ0) is 17.6. The van der Waals surface area contributed by atoms with E-state index in [0.29, 0.717) is 22.0 Å². The Morgan fingerprint density at radius 2 is 1.84 bits per heavy atom. The van der Waals surface area contributed by atoms with Gasteiger partial charge in [-0.3, -0.25) is 4.79 Å². The van der Waals surface area contributed by atoms with E-state index in [2.05, 4.69) is 26.2 Å². The van der Waals surface area contributed by atoms with Crippen molar-refractivity contribution in [3.05, 3.63) is 76.9 Å². The molecule has 0 unspecified atom stereocenters. The molecule has 1 heterocycles. The number of hydrogen-bond acceptors (Lipinski definition) is 4. The molecule has 0 saturated carbocycles. The van der Waals surface area contributed by atoms with Gasteiger partial charge in [-0.2, -0.15) is 0 Å². The second-order valence-corrected chi connectivity index (χ2v) is 7.04. The second kappa shape index (κ2) is 8.18. The molecular formula is C19H15BrN2O2S. The van der Waals surface area contributed by atoms with Crippen molar-refractivity contribution in [2.45, 2.75) is 9.92 Å². The molecule has 0 saturated heterocycles. The van der Waals surface area contributed by atoms with Crippen LogP contribution in [0.3, 0.4) is 0 Å². The van der Waals surface area contributed by atoms with E-state index in [1.807, 2.05) is 36.4 Å². The average molecular weight is 415 g/mol. The summed E-state index contributed by atoms with van der Waals surface area (Å²) < 4.78 is 6.29. The first-order valence-corrected chi connectivity index (χ1v) is 9.11. The van der Waals surface area contributed by atoms with Gasteiger partial charge >= 0.3 is 0 Å². The maximum atomic E-state index is 12.7. The lowest BCUT2D eigenvalue weighted by Gasteiger charge is -2.11. The molecule has 0 spiro atoms. The number of benzene rings is 2. The molecule has 0 aliphatic heterocycles. The van der Waals surface area contributed by atoms with E-state index in [1.165, 1.54) is 11.8 Å². The molecule has 6 heteroatoms. The topological polar surface area (TPSA) is 51.2 Å². The van der Waals surface area contributed by atoms with Gasteiger partial charge in [-0.15, -0.1) is 0 Å². The number of methoxy groups -OCH3 is 1. The Morgan fingerprint density at radius 1 is 1.08 bits per heavy atom. The average Bonchev–Trinajstić information content (AvgIpc) is 2.64. The number of para-hydroxylation sites is 2. The van der Waals surface area contributed by atoms with E-state index in [1.54, 1.807) is 37.6 Å². The molecule has 0 aliphatic rings. The van der Waals surface area contributed by atoms with Crippen LogP contribution in [0.5, 0.6) is 5.75 Å². The number of rotatable bonds is 5. The third kappa shape index (κ3) is 4.41. The molecule has 2 aromatic carbocycles. The minimum absolute atomic E-state index is 0.225. The molecule has 126 valence electrons. The number of hydrogen-bond donors (Lipinski definition) is 1. The quantitative estimate of drug-likeness (QED) is 0.618. The van der Waals surface area contributed by atoms with E-state index >= 15 is 0 Å². The Hall–Kier alpha value is -2.31. The van der Waals surface area contributed by atoms with Gasteiger partial charge in [-0.1, -0.05) is 39.8 Å². The molecule has 1 amide bonds. The van der Waals surface area contributed by atoms with Crippen molar-refractivity contribution in [2.75, 3.05) is 12.4 Å². The van der Waals surface area contributed by atoms with E-state index in [-0.39, 0.29) is 5.91 Å². The van der Waals surface area contributed by atoms with E-state index < -0.39 is 0 Å². The van der Waals surface area contributed by atoms with Crippen molar-refractivity contribution in [3.8, 4) is 5.75 Å². The predicted molar refractivity (Wildman–Crippen MR) is 103 cm³/mol. The maximum absolute atomic E-state index is 12.7. The van der Waals surface area contributed by atoms with Gasteiger partial charge in [0.2, 0.25) is 0 Å². The minimum Gasteiger partial charge on any atom is -0.495 e. The highest BCUT2D eigenvalue weighted by molar-refractivity contribution is 9.10. The van der Waals surface area contributed by atoms with Crippen LogP contribution in [0.25, 0.3) is 0 Å². The number of carbonyl (C=O) groups excluding carboxylic acids is 1. The van der Waals surface area contributed by atoms with Crippen molar-refractivity contribution >= 4 is 39.3 Å². The molecule has 4 nitrogen and oxygen atoms in total. The number of nitrogens with one attached hydrogen (secondary N) is 1. The Morgan fingerprint density at radius 3 is 2.60 bits per heavy atom. The molecule has 1 N–H and O–H groups in total. The lowest BCUT2D eigenvalue weighted by molar-refractivity contribution is 0.102. The highest BCUT2D eigenvalue weighted by Gasteiger charge is 2.15. The van der Waals surface area contributed by atoms with Crippen molar-refractivity contribution < 1.29 is 9.53 Å². The van der Waals surface area contributed by atoms with Crippen LogP contribution in [0.4, 0.5) is 5.69 Å². The fourth-order valence-electron chi connectivity index (χ4n) is 2.20. The molecular weight excluding hydrogens is 400 g/mol. The Labute approximate surface area is 158 Å². The van der Waals surface area contributed by atoms with Crippen LogP contribution < -0.4 is 10.1 Å². The fourth-order valence-corrected chi connectivity index (χ4v) is 3.34. The molecule has 25 heavy (non-hydrogen) atoms. The van der Waals surface area contributed by atoms with E-state index in [0.717, 1.165) is 9.37 Å². The van der Waals surface area contributed by atoms with Crippen molar-refractivity contribution in [1.29, 1.82) is 0 Å². The number of aromatic nitrogens is 1. The van der Waals surface area contributed by atoms with Gasteiger partial charge in [-0.05, 0) is 48.5 Å². The second-order valence-electron chi connectivity index (χ2n) is 5.07. The van der Waals surface area contributed by atoms with Gasteiger partial charge in [0.1, 0.15) is 10.8 Å². The smallest absolute Gasteiger partial charge is 0.258 e. The molecule has 0 radical (unpaired) electrons. The first kappa shape index (κ1) is 17.5. The van der Waals surface area contributed by atoms with Crippen LogP contribution in [-0.4, -0.2) is 18.0 Å². The van der Waals surface area contributed by atoms with Gasteiger partial charge in [0.05, 0.1) is 18.4 Å². The third-order valence-electron chi connectivity index (χ3n) is 3.40. The maximum Gasteiger partial charge on any atom is 0.258 e. The van der Waals surface area contributed by atoms with Gasteiger partial charge in [0, 0.05) is 15.6 Å². The number of amides is 1. The number of nitrogens with zero attached hydrogens (tertiary/aromatic N) is 1. The normalized spacial score (nSPS) is 10.3. The number of anilines is 1. The standard InChI is InChI=1S/C19H15BrN2O2S/c1-24-17-7-3-2-6-16(17)22-18(23)15-5-4-12-21-19(15)25-14-10-8-13(20)9-11-14/h2-12H,1H3,(H,22,23). The summed E-state index contributed by atoms with van der Waals surface area (Å²) in [7, 11) is 1.57. The summed E-state index contributed by atoms with van der Waals surface area (Å²) in [4.78, 5) is 18.1. The van der Waals surface area contributed by atoms with E-state index in [4.69, 9.17) is 4.74 Å². The summed E-state index contributed by atoms with van der Waals surface area (Å²) in [6.45, 7) is 0. The monoisotopic (exact) mass is 414 g/mol. The molecule has 0 bridgehead atoms. The first-order valence-electron chi connectivity index (χ1n) is 7.50. The lowest BCUT2D eigenvalue weighted by atomic mass is 10.2. The van der Waals surface area contributed by atoms with Crippen LogP contribution in [0.15, 0.2) is 81.3 Å². The third-order valence-corrected chi connectivity index (χ3v) is 4.95. The van der Waals surface area contributed by atoms with Crippen molar-refractivity contribution in [3.63, 3.8) is 0 Å². The Balaban J connectivity index is 1.84. The number of pyridine rings is 1. The minimum atomic E-state index is -0.225. The fraction of sp³-hybridized carbons (Fsp3) is 0.0526. The Kier molecular flexibility index (Phi) is 5.73. The SMILES string of the molecule is COc1ccccc1NC(=O)c1cccnc1Sc1ccc(Br)cc1. The molecule has 0 aliphatic carbocycles. The zero-order valence-corrected chi connectivity index (χ0v) is 15.8. The van der Waals surface area contributed by atoms with Gasteiger partial charge in [-0.25, -0.2) is 4.98 Å². The van der Waals surface area contributed by atoms with Crippen LogP contribution in [0, 0.1) is 0 Å². The van der Waals surface area contributed by atoms with E-state index in [9.17, 15) is 4.79 Å². The van der Waals surface area contributed by atoms with Gasteiger partial charge < -0.3 is 10.1 Å². The number of halogens is 1. The summed E-state index contributed by atoms with van der Waals surface area (Å²) >= 11 is 4.87. The zero-order valence-electron chi connectivity index (χ0n) is 13.4. The predicted octanol–water partition coefficient (Wildman–Crippen LogP) is 5.26. The highest BCUT2D eigenvalue weighted by atomic mass is 79.9. The summed E-state index contributed by atoms with van der Waals surface area (Å²) in [5.74, 6) is 0.388. The molecule has 0 fully saturated rings. The molecule has 3 rings (SSSR count). The Bertz CT molecular complexity index is 885. The molecule has 3 aromatic rings. The summed E-state index contributed by atoms with van der Waals surface area (Å²) in [6.07, 6.45) is 1.68. The van der Waals surface area contributed by atoms with Crippen LogP contribution in [-0.2, 0) is 0 Å². The largest absolute Gasteiger partial charge is 0.495 e. The van der Waals surface area contributed by atoms with Crippen molar-refractivity contribution in [1.82, 2.24) is 4.98 Å². The van der Waals surface area contributed by atoms with Gasteiger partial charge in [0.25, 0.3) is 5.91 Å². The van der Waals surface area contributed by atoms with Crippen LogP contribution in [0.2, 0.25) is 0 Å². The highest BCUT2D eigenvalue weighted by Crippen LogP contribution is 2.30. The van der Waals surface area contributed by atoms with Crippen LogP contribution in [0.1, 0.15) is 10.4 Å². The summed E-state index contributed by atoms with van der Waals surface area (Å²) in [5.41, 5.74) is 1.14. The lowest BCUT2D eigenvalue weighted by Crippen LogP contribution is -2.14.